The third-order valence-corrected chi connectivity index (χ3v) is 2.37. The maximum absolute atomic E-state index is 11.5. The van der Waals surface area contributed by atoms with E-state index < -0.39 is 18.4 Å². The summed E-state index contributed by atoms with van der Waals surface area (Å²) >= 11 is 0. The molecule has 7 heteroatoms. The van der Waals surface area contributed by atoms with Crippen LogP contribution in [0.2, 0.25) is 0 Å². The number of aliphatic hydroxyl groups excluding tert-OH is 1. The number of benzene rings is 1. The van der Waals surface area contributed by atoms with Crippen molar-refractivity contribution >= 4 is 12.2 Å². The first kappa shape index (κ1) is 14.8. The molecule has 1 rings (SSSR count). The molecule has 1 unspecified atom stereocenters. The first-order valence-electron chi connectivity index (χ1n) is 5.55. The van der Waals surface area contributed by atoms with Crippen LogP contribution in [0, 0.1) is 13.8 Å². The zero-order valence-electron chi connectivity index (χ0n) is 10.9. The Labute approximate surface area is 110 Å². The average molecular weight is 268 g/mol. The lowest BCUT2D eigenvalue weighted by Gasteiger charge is -2.14. The molecule has 0 spiro atoms. The van der Waals surface area contributed by atoms with Gasteiger partial charge in [-0.25, -0.2) is 9.59 Å². The van der Waals surface area contributed by atoms with Crippen LogP contribution in [0.3, 0.4) is 0 Å². The van der Waals surface area contributed by atoms with Gasteiger partial charge in [0.25, 0.3) is 0 Å². The third-order valence-electron chi connectivity index (χ3n) is 2.37. The van der Waals surface area contributed by atoms with Gasteiger partial charge in [0.2, 0.25) is 0 Å². The number of carbonyl (C=O) groups excluding carboxylic acids is 2. The van der Waals surface area contributed by atoms with Crippen molar-refractivity contribution in [3.05, 3.63) is 23.3 Å². The highest BCUT2D eigenvalue weighted by Gasteiger charge is 2.17. The Morgan fingerprint density at radius 2 is 1.95 bits per heavy atom. The van der Waals surface area contributed by atoms with Gasteiger partial charge in [-0.3, -0.25) is 5.32 Å². The molecule has 1 aromatic rings. The highest BCUT2D eigenvalue weighted by Crippen LogP contribution is 2.33. The molecule has 0 radical (unpaired) electrons. The summed E-state index contributed by atoms with van der Waals surface area (Å²) in [6.45, 7) is 4.88. The van der Waals surface area contributed by atoms with Crippen LogP contribution in [-0.4, -0.2) is 23.5 Å². The fraction of sp³-hybridized carbons (Fsp3) is 0.333. The number of nitrogens with two attached hydrogens (primary N) is 1. The van der Waals surface area contributed by atoms with Gasteiger partial charge >= 0.3 is 12.2 Å². The fourth-order valence-electron chi connectivity index (χ4n) is 1.37. The van der Waals surface area contributed by atoms with E-state index in [0.717, 1.165) is 5.56 Å². The van der Waals surface area contributed by atoms with E-state index >= 15 is 0 Å². The first-order valence-corrected chi connectivity index (χ1v) is 5.55. The normalized spacial score (nSPS) is 11.6. The summed E-state index contributed by atoms with van der Waals surface area (Å²) in [5, 5.41) is 11.2. The van der Waals surface area contributed by atoms with Crippen LogP contribution in [0.4, 0.5) is 9.59 Å². The molecule has 0 aromatic heterocycles. The predicted octanol–water partition coefficient (Wildman–Crippen LogP) is 1.19. The van der Waals surface area contributed by atoms with Crippen LogP contribution in [0.15, 0.2) is 12.1 Å². The lowest BCUT2D eigenvalue weighted by Crippen LogP contribution is -2.34. The van der Waals surface area contributed by atoms with Crippen molar-refractivity contribution in [1.29, 1.82) is 0 Å². The van der Waals surface area contributed by atoms with Crippen LogP contribution in [0.1, 0.15) is 18.1 Å². The van der Waals surface area contributed by atoms with Gasteiger partial charge in [0.15, 0.2) is 11.5 Å². The van der Waals surface area contributed by atoms with Crippen molar-refractivity contribution in [3.8, 4) is 11.5 Å². The summed E-state index contributed by atoms with van der Waals surface area (Å²) in [5.41, 5.74) is 6.40. The Hall–Kier alpha value is -2.28. The van der Waals surface area contributed by atoms with Crippen molar-refractivity contribution in [2.75, 3.05) is 0 Å². The maximum Gasteiger partial charge on any atom is 0.414 e. The van der Waals surface area contributed by atoms with Gasteiger partial charge in [0, 0.05) is 0 Å². The largest absolute Gasteiger partial charge is 0.414 e. The highest BCUT2D eigenvalue weighted by atomic mass is 16.6. The number of amides is 2. The van der Waals surface area contributed by atoms with E-state index in [0.29, 0.717) is 5.56 Å². The van der Waals surface area contributed by atoms with Gasteiger partial charge < -0.3 is 20.3 Å². The molecule has 1 aromatic carbocycles. The van der Waals surface area contributed by atoms with Crippen molar-refractivity contribution in [3.63, 3.8) is 0 Å². The second-order valence-corrected chi connectivity index (χ2v) is 3.97. The summed E-state index contributed by atoms with van der Waals surface area (Å²) in [6, 6.07) is 3.17. The number of aliphatic hydroxyl groups is 1. The molecule has 0 heterocycles. The van der Waals surface area contributed by atoms with E-state index in [2.05, 4.69) is 5.32 Å². The molecule has 0 saturated carbocycles. The number of rotatable bonds is 3. The van der Waals surface area contributed by atoms with Crippen LogP contribution in [0.5, 0.6) is 11.5 Å². The first-order chi connectivity index (χ1) is 8.81. The Morgan fingerprint density at radius 1 is 1.32 bits per heavy atom. The zero-order valence-corrected chi connectivity index (χ0v) is 10.9. The second kappa shape index (κ2) is 6.05. The number of carbonyl (C=O) groups is 2. The van der Waals surface area contributed by atoms with Crippen molar-refractivity contribution in [1.82, 2.24) is 5.32 Å². The minimum absolute atomic E-state index is 0.0383. The predicted molar refractivity (Wildman–Crippen MR) is 67.0 cm³/mol. The number of ether oxygens (including phenoxy) is 2. The molecule has 4 N–H and O–H groups in total. The van der Waals surface area contributed by atoms with E-state index in [-0.39, 0.29) is 11.5 Å². The summed E-state index contributed by atoms with van der Waals surface area (Å²) in [7, 11) is 0. The summed E-state index contributed by atoms with van der Waals surface area (Å²) in [6.07, 6.45) is -2.93. The molecule has 0 fully saturated rings. The van der Waals surface area contributed by atoms with Gasteiger partial charge in [-0.1, -0.05) is 6.07 Å². The molecular formula is C12H16N2O5. The molecule has 1 atom stereocenters. The average Bonchev–Trinajstić information content (AvgIpc) is 2.27. The molecule has 104 valence electrons. The van der Waals surface area contributed by atoms with Gasteiger partial charge in [0.1, 0.15) is 6.23 Å². The topological polar surface area (TPSA) is 111 Å². The minimum atomic E-state index is -1.06. The van der Waals surface area contributed by atoms with E-state index in [9.17, 15) is 9.59 Å². The Kier molecular flexibility index (Phi) is 4.71. The Balaban J connectivity index is 3.05. The maximum atomic E-state index is 11.5. The quantitative estimate of drug-likeness (QED) is 0.713. The molecule has 0 saturated heterocycles. The van der Waals surface area contributed by atoms with Crippen LogP contribution < -0.4 is 20.5 Å². The van der Waals surface area contributed by atoms with E-state index in [1.54, 1.807) is 13.0 Å². The van der Waals surface area contributed by atoms with E-state index in [1.807, 2.05) is 6.92 Å². The Bertz CT molecular complexity index is 499. The molecule has 0 bridgehead atoms. The molecule has 7 nitrogen and oxygen atoms in total. The van der Waals surface area contributed by atoms with Gasteiger partial charge in [0.05, 0.1) is 0 Å². The van der Waals surface area contributed by atoms with Crippen LogP contribution in [-0.2, 0) is 0 Å². The Morgan fingerprint density at radius 3 is 2.47 bits per heavy atom. The van der Waals surface area contributed by atoms with E-state index in [4.69, 9.17) is 20.3 Å². The van der Waals surface area contributed by atoms with Gasteiger partial charge in [-0.05, 0) is 38.0 Å². The molecular weight excluding hydrogens is 252 g/mol. The minimum Gasteiger partial charge on any atom is -0.406 e. The number of primary amides is 1. The standard InChI is InChI=1S/C12H16N2O5/c1-6-4-5-9(18-11(13)16)10(7(6)2)19-12(17)14-8(3)15/h4-5,8,15H,1-3H3,(H2,13,16)(H,14,17). The molecule has 2 amide bonds. The summed E-state index contributed by atoms with van der Waals surface area (Å²) < 4.78 is 9.78. The van der Waals surface area contributed by atoms with E-state index in [1.165, 1.54) is 13.0 Å². The smallest absolute Gasteiger partial charge is 0.406 e. The van der Waals surface area contributed by atoms with Crippen LogP contribution in [0.25, 0.3) is 0 Å². The monoisotopic (exact) mass is 268 g/mol. The third kappa shape index (κ3) is 4.14. The van der Waals surface area contributed by atoms with Crippen molar-refractivity contribution in [2.45, 2.75) is 27.0 Å². The lowest BCUT2D eigenvalue weighted by atomic mass is 10.1. The van der Waals surface area contributed by atoms with Crippen molar-refractivity contribution in [2.24, 2.45) is 5.73 Å². The second-order valence-electron chi connectivity index (χ2n) is 3.97. The van der Waals surface area contributed by atoms with Crippen molar-refractivity contribution < 1.29 is 24.2 Å². The fourth-order valence-corrected chi connectivity index (χ4v) is 1.37. The molecule has 19 heavy (non-hydrogen) atoms. The summed E-state index contributed by atoms with van der Waals surface area (Å²) in [5.74, 6) is 0.119. The lowest BCUT2D eigenvalue weighted by molar-refractivity contribution is 0.136. The number of hydrogen-bond acceptors (Lipinski definition) is 5. The van der Waals surface area contributed by atoms with Gasteiger partial charge in [-0.15, -0.1) is 0 Å². The number of aryl methyl sites for hydroxylation is 1. The number of nitrogens with one attached hydrogen (secondary N) is 1. The summed E-state index contributed by atoms with van der Waals surface area (Å²) in [4.78, 5) is 22.2. The molecule has 0 aliphatic carbocycles. The van der Waals surface area contributed by atoms with Crippen LogP contribution >= 0.6 is 0 Å². The molecule has 0 aliphatic rings. The zero-order chi connectivity index (χ0) is 14.6. The molecule has 0 aliphatic heterocycles. The highest BCUT2D eigenvalue weighted by molar-refractivity contribution is 5.74. The van der Waals surface area contributed by atoms with Gasteiger partial charge in [-0.2, -0.15) is 0 Å². The SMILES string of the molecule is Cc1ccc(OC(N)=O)c(OC(=O)NC(C)O)c1C. The number of hydrogen-bond donors (Lipinski definition) is 3.